The van der Waals surface area contributed by atoms with Gasteiger partial charge in [-0.1, -0.05) is 6.07 Å². The molecule has 1 spiro atoms. The van der Waals surface area contributed by atoms with E-state index in [0.717, 1.165) is 6.07 Å². The van der Waals surface area contributed by atoms with Crippen LogP contribution in [-0.4, -0.2) is 35.5 Å². The van der Waals surface area contributed by atoms with E-state index in [1.165, 1.54) is 6.07 Å². The minimum absolute atomic E-state index is 0.278. The molecule has 7 heteroatoms. The number of nitrogens with one attached hydrogen (secondary N) is 2. The number of likely N-dealkylation sites (tertiary alicyclic amines) is 1. The van der Waals surface area contributed by atoms with Gasteiger partial charge in [-0.2, -0.15) is 0 Å². The highest BCUT2D eigenvalue weighted by atomic mass is 19.2. The number of benzene rings is 1. The normalized spacial score (nSPS) is 21.4. The fourth-order valence-electron chi connectivity index (χ4n) is 2.87. The average Bonchev–Trinajstić information content (AvgIpc) is 2.71. The molecule has 1 aromatic rings. The first-order valence-electron chi connectivity index (χ1n) is 6.78. The molecule has 0 radical (unpaired) electrons. The van der Waals surface area contributed by atoms with Gasteiger partial charge < -0.3 is 5.32 Å². The van der Waals surface area contributed by atoms with E-state index in [2.05, 4.69) is 15.5 Å². The Bertz CT molecular complexity index is 598. The maximum atomic E-state index is 13.2. The third-order valence-corrected chi connectivity index (χ3v) is 4.11. The van der Waals surface area contributed by atoms with E-state index in [1.54, 1.807) is 6.07 Å². The second-order valence-electron chi connectivity index (χ2n) is 5.51. The molecule has 3 amide bonds. The molecule has 3 rings (SSSR count). The molecule has 21 heavy (non-hydrogen) atoms. The molecule has 0 aliphatic carbocycles. The van der Waals surface area contributed by atoms with Crippen LogP contribution in [0.15, 0.2) is 18.2 Å². The number of urea groups is 1. The number of hydrogen-bond donors (Lipinski definition) is 2. The Kier molecular flexibility index (Phi) is 3.36. The molecule has 2 heterocycles. The molecule has 2 fully saturated rings. The van der Waals surface area contributed by atoms with Gasteiger partial charge in [0.1, 0.15) is 5.54 Å². The van der Waals surface area contributed by atoms with Gasteiger partial charge in [0.2, 0.25) is 0 Å². The topological polar surface area (TPSA) is 61.4 Å². The molecule has 112 valence electrons. The molecular formula is C14H15F2N3O2. The molecule has 0 saturated carbocycles. The standard InChI is InChI=1S/C14H15F2N3O2/c15-10-2-1-9(7-11(10)16)8-19-5-3-14(4-6-19)12(20)17-13(21)18-14/h1-2,7H,3-6,8H2,(H2,17,18,20,21). The first-order valence-corrected chi connectivity index (χ1v) is 6.78. The van der Waals surface area contributed by atoms with Crippen LogP contribution in [0.5, 0.6) is 0 Å². The number of amides is 3. The lowest BCUT2D eigenvalue weighted by molar-refractivity contribution is -0.125. The van der Waals surface area contributed by atoms with Gasteiger partial charge in [0.15, 0.2) is 11.6 Å². The second-order valence-corrected chi connectivity index (χ2v) is 5.51. The predicted molar refractivity (Wildman–Crippen MR) is 70.3 cm³/mol. The van der Waals surface area contributed by atoms with Crippen LogP contribution in [0.4, 0.5) is 13.6 Å². The van der Waals surface area contributed by atoms with Crippen molar-refractivity contribution in [3.63, 3.8) is 0 Å². The fourth-order valence-corrected chi connectivity index (χ4v) is 2.87. The van der Waals surface area contributed by atoms with Crippen LogP contribution in [0.25, 0.3) is 0 Å². The largest absolute Gasteiger partial charge is 0.323 e. The SMILES string of the molecule is O=C1NC(=O)C2(CCN(Cc3ccc(F)c(F)c3)CC2)N1. The zero-order valence-electron chi connectivity index (χ0n) is 11.3. The molecule has 0 unspecified atom stereocenters. The number of imide groups is 1. The van der Waals surface area contributed by atoms with Gasteiger partial charge in [0.05, 0.1) is 0 Å². The zero-order chi connectivity index (χ0) is 15.0. The lowest BCUT2D eigenvalue weighted by Crippen LogP contribution is -2.54. The Hall–Kier alpha value is -2.02. The summed E-state index contributed by atoms with van der Waals surface area (Å²) in [6.45, 7) is 1.70. The van der Waals surface area contributed by atoms with Gasteiger partial charge in [-0.15, -0.1) is 0 Å². The van der Waals surface area contributed by atoms with E-state index in [-0.39, 0.29) is 5.91 Å². The highest BCUT2D eigenvalue weighted by Crippen LogP contribution is 2.26. The van der Waals surface area contributed by atoms with Gasteiger partial charge in [-0.3, -0.25) is 15.0 Å². The van der Waals surface area contributed by atoms with E-state index in [0.29, 0.717) is 38.0 Å². The van der Waals surface area contributed by atoms with Crippen molar-refractivity contribution in [1.82, 2.24) is 15.5 Å². The van der Waals surface area contributed by atoms with Crippen LogP contribution in [0.1, 0.15) is 18.4 Å². The lowest BCUT2D eigenvalue weighted by atomic mass is 9.87. The minimum Gasteiger partial charge on any atom is -0.323 e. The maximum absolute atomic E-state index is 13.2. The van der Waals surface area contributed by atoms with Crippen molar-refractivity contribution in [2.24, 2.45) is 0 Å². The van der Waals surface area contributed by atoms with E-state index >= 15 is 0 Å². The number of carbonyl (C=O) groups excluding carboxylic acids is 2. The van der Waals surface area contributed by atoms with Gasteiger partial charge in [-0.05, 0) is 30.5 Å². The number of nitrogens with zero attached hydrogens (tertiary/aromatic N) is 1. The average molecular weight is 295 g/mol. The molecule has 2 aliphatic rings. The summed E-state index contributed by atoms with van der Waals surface area (Å²) in [5, 5.41) is 4.94. The first kappa shape index (κ1) is 13.9. The Morgan fingerprint density at radius 2 is 1.86 bits per heavy atom. The van der Waals surface area contributed by atoms with Gasteiger partial charge in [-0.25, -0.2) is 13.6 Å². The molecule has 0 bridgehead atoms. The first-order chi connectivity index (χ1) is 9.98. The molecule has 0 atom stereocenters. The molecule has 5 nitrogen and oxygen atoms in total. The van der Waals surface area contributed by atoms with Gasteiger partial charge >= 0.3 is 6.03 Å². The summed E-state index contributed by atoms with van der Waals surface area (Å²) in [6.07, 6.45) is 1.02. The van der Waals surface area contributed by atoms with Crippen LogP contribution in [0.2, 0.25) is 0 Å². The van der Waals surface area contributed by atoms with Crippen molar-refractivity contribution in [2.45, 2.75) is 24.9 Å². The zero-order valence-corrected chi connectivity index (χ0v) is 11.3. The van der Waals surface area contributed by atoms with E-state index in [1.807, 2.05) is 0 Å². The van der Waals surface area contributed by atoms with Crippen molar-refractivity contribution < 1.29 is 18.4 Å². The van der Waals surface area contributed by atoms with Crippen molar-refractivity contribution in [1.29, 1.82) is 0 Å². The molecule has 2 aliphatic heterocycles. The molecule has 2 N–H and O–H groups in total. The highest BCUT2D eigenvalue weighted by Gasteiger charge is 2.47. The number of rotatable bonds is 2. The Morgan fingerprint density at radius 3 is 2.43 bits per heavy atom. The summed E-state index contributed by atoms with van der Waals surface area (Å²) in [5.41, 5.74) is -0.119. The number of hydrogen-bond acceptors (Lipinski definition) is 3. The number of halogens is 2. The van der Waals surface area contributed by atoms with E-state index in [9.17, 15) is 18.4 Å². The van der Waals surface area contributed by atoms with E-state index < -0.39 is 23.2 Å². The lowest BCUT2D eigenvalue weighted by Gasteiger charge is -2.36. The van der Waals surface area contributed by atoms with Crippen molar-refractivity contribution >= 4 is 11.9 Å². The predicted octanol–water partition coefficient (Wildman–Crippen LogP) is 1.14. The summed E-state index contributed by atoms with van der Waals surface area (Å²) in [6, 6.07) is 3.39. The molecular weight excluding hydrogens is 280 g/mol. The van der Waals surface area contributed by atoms with Gasteiger partial charge in [0.25, 0.3) is 5.91 Å². The summed E-state index contributed by atoms with van der Waals surface area (Å²) >= 11 is 0. The number of piperidine rings is 1. The quantitative estimate of drug-likeness (QED) is 0.804. The van der Waals surface area contributed by atoms with Crippen LogP contribution in [-0.2, 0) is 11.3 Å². The minimum atomic E-state index is -0.860. The second kappa shape index (κ2) is 5.07. The van der Waals surface area contributed by atoms with Crippen molar-refractivity contribution in [3.05, 3.63) is 35.4 Å². The van der Waals surface area contributed by atoms with Crippen molar-refractivity contribution in [2.75, 3.05) is 13.1 Å². The summed E-state index contributed by atoms with van der Waals surface area (Å²) in [5.74, 6) is -2.00. The van der Waals surface area contributed by atoms with Crippen LogP contribution < -0.4 is 10.6 Å². The monoisotopic (exact) mass is 295 g/mol. The molecule has 0 aromatic heterocycles. The Morgan fingerprint density at radius 1 is 1.14 bits per heavy atom. The Balaban J connectivity index is 1.62. The smallest absolute Gasteiger partial charge is 0.322 e. The third-order valence-electron chi connectivity index (χ3n) is 4.11. The summed E-state index contributed by atoms with van der Waals surface area (Å²) in [4.78, 5) is 25.1. The van der Waals surface area contributed by atoms with Crippen LogP contribution in [0.3, 0.4) is 0 Å². The summed E-state index contributed by atoms with van der Waals surface area (Å²) in [7, 11) is 0. The Labute approximate surface area is 120 Å². The molecule has 2 saturated heterocycles. The maximum Gasteiger partial charge on any atom is 0.322 e. The van der Waals surface area contributed by atoms with E-state index in [4.69, 9.17) is 0 Å². The van der Waals surface area contributed by atoms with Gasteiger partial charge in [0, 0.05) is 19.6 Å². The van der Waals surface area contributed by atoms with Crippen LogP contribution >= 0.6 is 0 Å². The summed E-state index contributed by atoms with van der Waals surface area (Å²) < 4.78 is 26.1. The van der Waals surface area contributed by atoms with Crippen molar-refractivity contribution in [3.8, 4) is 0 Å². The fraction of sp³-hybridized carbons (Fsp3) is 0.429. The third kappa shape index (κ3) is 2.61. The number of carbonyl (C=O) groups is 2. The highest BCUT2D eigenvalue weighted by molar-refractivity contribution is 6.07. The molecule has 1 aromatic carbocycles. The van der Waals surface area contributed by atoms with Crippen LogP contribution in [0, 0.1) is 11.6 Å².